The molecule has 1 aliphatic heterocycles. The SMILES string of the molecule is CCOC(=O)[C@@H]1CN(C(=O)OC(C)(C)C)CC[C@@H]1F. The maximum absolute atomic E-state index is 13.7. The molecule has 1 amide bonds. The number of alkyl halides is 1. The molecular formula is C13H22FNO4. The second kappa shape index (κ2) is 6.21. The summed E-state index contributed by atoms with van der Waals surface area (Å²) >= 11 is 0. The van der Waals surface area contributed by atoms with E-state index in [0.29, 0.717) is 0 Å². The lowest BCUT2D eigenvalue weighted by molar-refractivity contribution is -0.152. The summed E-state index contributed by atoms with van der Waals surface area (Å²) in [6, 6.07) is 0. The van der Waals surface area contributed by atoms with Gasteiger partial charge in [-0.2, -0.15) is 0 Å². The van der Waals surface area contributed by atoms with Crippen LogP contribution in [0.4, 0.5) is 9.18 Å². The number of hydrogen-bond acceptors (Lipinski definition) is 4. The maximum Gasteiger partial charge on any atom is 0.410 e. The molecule has 1 heterocycles. The van der Waals surface area contributed by atoms with Crippen LogP contribution in [0.25, 0.3) is 0 Å². The van der Waals surface area contributed by atoms with E-state index in [0.717, 1.165) is 0 Å². The minimum absolute atomic E-state index is 0.00884. The highest BCUT2D eigenvalue weighted by molar-refractivity contribution is 5.75. The van der Waals surface area contributed by atoms with Crippen LogP contribution in [0.2, 0.25) is 0 Å². The van der Waals surface area contributed by atoms with Crippen molar-refractivity contribution in [2.24, 2.45) is 5.92 Å². The van der Waals surface area contributed by atoms with E-state index in [2.05, 4.69) is 0 Å². The van der Waals surface area contributed by atoms with E-state index in [-0.39, 0.29) is 26.1 Å². The highest BCUT2D eigenvalue weighted by Crippen LogP contribution is 2.23. The summed E-state index contributed by atoms with van der Waals surface area (Å²) < 4.78 is 23.8. The molecule has 2 atom stereocenters. The standard InChI is InChI=1S/C13H22FNO4/c1-5-18-11(16)9-8-15(7-6-10(9)14)12(17)19-13(2,3)4/h9-10H,5-8H2,1-4H3/t9-,10+/m1/s1. The van der Waals surface area contributed by atoms with Gasteiger partial charge in [0.25, 0.3) is 0 Å². The molecule has 1 rings (SSSR count). The van der Waals surface area contributed by atoms with Crippen LogP contribution in [0.1, 0.15) is 34.1 Å². The Bertz CT molecular complexity index is 340. The summed E-state index contributed by atoms with van der Waals surface area (Å²) in [4.78, 5) is 24.9. The molecule has 0 spiro atoms. The maximum atomic E-state index is 13.7. The van der Waals surface area contributed by atoms with Gasteiger partial charge in [0.15, 0.2) is 0 Å². The quantitative estimate of drug-likeness (QED) is 0.725. The number of rotatable bonds is 2. The Labute approximate surface area is 113 Å². The Balaban J connectivity index is 2.63. The van der Waals surface area contributed by atoms with Gasteiger partial charge >= 0.3 is 12.1 Å². The highest BCUT2D eigenvalue weighted by Gasteiger charge is 2.38. The van der Waals surface area contributed by atoms with Crippen molar-refractivity contribution in [3.63, 3.8) is 0 Å². The fourth-order valence-electron chi connectivity index (χ4n) is 1.89. The molecule has 0 N–H and O–H groups in total. The zero-order valence-electron chi connectivity index (χ0n) is 11.9. The summed E-state index contributed by atoms with van der Waals surface area (Å²) in [6.45, 7) is 7.41. The molecule has 0 aromatic carbocycles. The normalized spacial score (nSPS) is 23.9. The van der Waals surface area contributed by atoms with Gasteiger partial charge in [0, 0.05) is 13.1 Å². The lowest BCUT2D eigenvalue weighted by atomic mass is 9.96. The number of halogens is 1. The van der Waals surface area contributed by atoms with Crippen molar-refractivity contribution in [1.82, 2.24) is 4.90 Å². The molecular weight excluding hydrogens is 253 g/mol. The van der Waals surface area contributed by atoms with Crippen LogP contribution in [0.15, 0.2) is 0 Å². The monoisotopic (exact) mass is 275 g/mol. The molecule has 19 heavy (non-hydrogen) atoms. The van der Waals surface area contributed by atoms with Gasteiger partial charge in [-0.3, -0.25) is 4.79 Å². The Morgan fingerprint density at radius 1 is 1.37 bits per heavy atom. The average Bonchev–Trinajstić information content (AvgIpc) is 2.27. The van der Waals surface area contributed by atoms with Crippen LogP contribution in [0, 0.1) is 5.92 Å². The van der Waals surface area contributed by atoms with E-state index >= 15 is 0 Å². The molecule has 0 bridgehead atoms. The predicted octanol–water partition coefficient (Wildman–Crippen LogP) is 2.14. The average molecular weight is 275 g/mol. The summed E-state index contributed by atoms with van der Waals surface area (Å²) in [6.07, 6.45) is -1.66. The van der Waals surface area contributed by atoms with Crippen molar-refractivity contribution in [2.45, 2.75) is 45.9 Å². The summed E-state index contributed by atoms with van der Waals surface area (Å²) in [5.41, 5.74) is -0.608. The number of carbonyl (C=O) groups excluding carboxylic acids is 2. The largest absolute Gasteiger partial charge is 0.466 e. The number of esters is 1. The number of amides is 1. The third-order valence-corrected chi connectivity index (χ3v) is 2.77. The number of nitrogens with zero attached hydrogens (tertiary/aromatic N) is 1. The van der Waals surface area contributed by atoms with Gasteiger partial charge in [-0.05, 0) is 34.1 Å². The fourth-order valence-corrected chi connectivity index (χ4v) is 1.89. The summed E-state index contributed by atoms with van der Waals surface area (Å²) in [7, 11) is 0. The summed E-state index contributed by atoms with van der Waals surface area (Å²) in [5.74, 6) is -1.51. The van der Waals surface area contributed by atoms with Crippen molar-refractivity contribution >= 4 is 12.1 Å². The van der Waals surface area contributed by atoms with E-state index < -0.39 is 29.8 Å². The third-order valence-electron chi connectivity index (χ3n) is 2.77. The van der Waals surface area contributed by atoms with Crippen LogP contribution >= 0.6 is 0 Å². The molecule has 0 aromatic heterocycles. The van der Waals surface area contributed by atoms with Crippen molar-refractivity contribution in [3.8, 4) is 0 Å². The first kappa shape index (κ1) is 15.7. The fraction of sp³-hybridized carbons (Fsp3) is 0.846. The minimum atomic E-state index is -1.27. The van der Waals surface area contributed by atoms with Gasteiger partial charge in [-0.15, -0.1) is 0 Å². The molecule has 0 radical (unpaired) electrons. The highest BCUT2D eigenvalue weighted by atomic mass is 19.1. The molecule has 5 nitrogen and oxygen atoms in total. The van der Waals surface area contributed by atoms with Gasteiger partial charge in [0.2, 0.25) is 0 Å². The molecule has 0 unspecified atom stereocenters. The first-order chi connectivity index (χ1) is 8.74. The summed E-state index contributed by atoms with van der Waals surface area (Å²) in [5, 5.41) is 0. The zero-order chi connectivity index (χ0) is 14.6. The van der Waals surface area contributed by atoms with Crippen molar-refractivity contribution in [2.75, 3.05) is 19.7 Å². The molecule has 0 aromatic rings. The number of piperidine rings is 1. The van der Waals surface area contributed by atoms with Crippen LogP contribution in [0.5, 0.6) is 0 Å². The molecule has 0 saturated carbocycles. The van der Waals surface area contributed by atoms with E-state index in [1.54, 1.807) is 27.7 Å². The Morgan fingerprint density at radius 2 is 2.00 bits per heavy atom. The van der Waals surface area contributed by atoms with E-state index in [9.17, 15) is 14.0 Å². The van der Waals surface area contributed by atoms with Gasteiger partial charge in [-0.1, -0.05) is 0 Å². The lowest BCUT2D eigenvalue weighted by Crippen LogP contribution is -2.49. The van der Waals surface area contributed by atoms with E-state index in [1.807, 2.05) is 0 Å². The minimum Gasteiger partial charge on any atom is -0.466 e. The van der Waals surface area contributed by atoms with Gasteiger partial charge in [0.05, 0.1) is 6.61 Å². The molecule has 110 valence electrons. The molecule has 6 heteroatoms. The third kappa shape index (κ3) is 4.69. The number of ether oxygens (including phenoxy) is 2. The Kier molecular flexibility index (Phi) is 5.14. The number of hydrogen-bond donors (Lipinski definition) is 0. The van der Waals surface area contributed by atoms with Crippen LogP contribution in [-0.2, 0) is 14.3 Å². The van der Waals surface area contributed by atoms with Gasteiger partial charge in [-0.25, -0.2) is 9.18 Å². The second-order valence-corrected chi connectivity index (χ2v) is 5.59. The van der Waals surface area contributed by atoms with Crippen molar-refractivity contribution in [3.05, 3.63) is 0 Å². The van der Waals surface area contributed by atoms with E-state index in [4.69, 9.17) is 9.47 Å². The number of carbonyl (C=O) groups is 2. The topological polar surface area (TPSA) is 55.8 Å². The number of likely N-dealkylation sites (tertiary alicyclic amines) is 1. The van der Waals surface area contributed by atoms with Gasteiger partial charge < -0.3 is 14.4 Å². The molecule has 1 aliphatic rings. The first-order valence-electron chi connectivity index (χ1n) is 6.53. The Hall–Kier alpha value is -1.33. The van der Waals surface area contributed by atoms with Crippen LogP contribution < -0.4 is 0 Å². The molecule has 0 aliphatic carbocycles. The van der Waals surface area contributed by atoms with E-state index in [1.165, 1.54) is 4.90 Å². The van der Waals surface area contributed by atoms with Crippen molar-refractivity contribution in [1.29, 1.82) is 0 Å². The van der Waals surface area contributed by atoms with Crippen molar-refractivity contribution < 1.29 is 23.5 Å². The lowest BCUT2D eigenvalue weighted by Gasteiger charge is -2.34. The predicted molar refractivity (Wildman–Crippen MR) is 67.4 cm³/mol. The second-order valence-electron chi connectivity index (χ2n) is 5.59. The van der Waals surface area contributed by atoms with Gasteiger partial charge in [0.1, 0.15) is 17.7 Å². The molecule has 1 fully saturated rings. The smallest absolute Gasteiger partial charge is 0.410 e. The van der Waals surface area contributed by atoms with Crippen LogP contribution in [-0.4, -0.2) is 48.4 Å². The Morgan fingerprint density at radius 3 is 2.53 bits per heavy atom. The van der Waals surface area contributed by atoms with Crippen LogP contribution in [0.3, 0.4) is 0 Å². The zero-order valence-corrected chi connectivity index (χ0v) is 11.9. The molecule has 1 saturated heterocycles. The first-order valence-corrected chi connectivity index (χ1v) is 6.53.